The number of aliphatic hydroxyl groups is 1. The molecule has 0 aliphatic heterocycles. The fourth-order valence-corrected chi connectivity index (χ4v) is 4.07. The van der Waals surface area contributed by atoms with Crippen LogP contribution in [0.15, 0.2) is 42.5 Å². The number of hydrogen-bond acceptors (Lipinski definition) is 4. The highest BCUT2D eigenvalue weighted by Crippen LogP contribution is 2.36. The minimum absolute atomic E-state index is 0.0952. The summed E-state index contributed by atoms with van der Waals surface area (Å²) < 4.78 is 15.6. The van der Waals surface area contributed by atoms with Crippen molar-refractivity contribution in [2.45, 2.75) is 64.9 Å². The standard InChI is InChI=1S/C27H31FN2O4/c1-16(2)25-21(11-10-19(31)14-20(32)15-24(33)34)26(17-6-8-18(28)9-7-17)29-30-22(25)12-13-23(30)27(3,4)5/h6-13,16,19,31H,14-15H2,1-5H3,(H,33,34). The zero-order valence-corrected chi connectivity index (χ0v) is 20.2. The van der Waals surface area contributed by atoms with E-state index in [1.807, 2.05) is 10.6 Å². The molecule has 1 unspecified atom stereocenters. The summed E-state index contributed by atoms with van der Waals surface area (Å²) >= 11 is 0. The first kappa shape index (κ1) is 25.3. The number of aliphatic carboxylic acids is 1. The van der Waals surface area contributed by atoms with E-state index in [0.717, 1.165) is 27.9 Å². The molecule has 6 nitrogen and oxygen atoms in total. The molecule has 7 heteroatoms. The molecule has 0 aliphatic carbocycles. The maximum Gasteiger partial charge on any atom is 0.310 e. The number of aliphatic hydroxyl groups excluding tert-OH is 1. The number of carboxylic acid groups (broad SMARTS) is 1. The maximum absolute atomic E-state index is 13.7. The van der Waals surface area contributed by atoms with Crippen molar-refractivity contribution < 1.29 is 24.2 Å². The quantitative estimate of drug-likeness (QED) is 0.436. The monoisotopic (exact) mass is 466 g/mol. The summed E-state index contributed by atoms with van der Waals surface area (Å²) in [5, 5.41) is 24.1. The summed E-state index contributed by atoms with van der Waals surface area (Å²) in [6.45, 7) is 10.5. The van der Waals surface area contributed by atoms with Gasteiger partial charge in [0.25, 0.3) is 0 Å². The average Bonchev–Trinajstić information content (AvgIpc) is 3.15. The summed E-state index contributed by atoms with van der Waals surface area (Å²) in [6, 6.07) is 10.2. The van der Waals surface area contributed by atoms with Gasteiger partial charge in [-0.15, -0.1) is 0 Å². The third-order valence-corrected chi connectivity index (χ3v) is 5.61. The van der Waals surface area contributed by atoms with Gasteiger partial charge >= 0.3 is 5.97 Å². The Morgan fingerprint density at radius 2 is 1.76 bits per heavy atom. The fraction of sp³-hybridized carbons (Fsp3) is 0.370. The smallest absolute Gasteiger partial charge is 0.310 e. The Kier molecular flexibility index (Phi) is 7.36. The molecule has 0 saturated heterocycles. The zero-order valence-electron chi connectivity index (χ0n) is 20.2. The van der Waals surface area contributed by atoms with E-state index in [9.17, 15) is 19.1 Å². The van der Waals surface area contributed by atoms with Crippen LogP contribution in [0.1, 0.15) is 70.2 Å². The third-order valence-electron chi connectivity index (χ3n) is 5.61. The number of nitrogens with zero attached hydrogens (tertiary/aromatic N) is 2. The van der Waals surface area contributed by atoms with Crippen LogP contribution in [0.2, 0.25) is 0 Å². The molecule has 1 aromatic carbocycles. The molecule has 2 N–H and O–H groups in total. The zero-order chi connectivity index (χ0) is 25.2. The van der Waals surface area contributed by atoms with E-state index < -0.39 is 24.3 Å². The second kappa shape index (κ2) is 9.89. The molecule has 0 saturated carbocycles. The summed E-state index contributed by atoms with van der Waals surface area (Å²) in [5.41, 5.74) is 4.91. The number of fused-ring (bicyclic) bond motifs is 1. The molecule has 3 rings (SSSR count). The van der Waals surface area contributed by atoms with Crippen LogP contribution in [0.5, 0.6) is 0 Å². The van der Waals surface area contributed by atoms with E-state index in [4.69, 9.17) is 10.2 Å². The molecule has 1 atom stereocenters. The van der Waals surface area contributed by atoms with Gasteiger partial charge in [-0.3, -0.25) is 9.59 Å². The number of ketones is 1. The molecule has 0 fully saturated rings. The van der Waals surface area contributed by atoms with Gasteiger partial charge in [-0.25, -0.2) is 8.91 Å². The van der Waals surface area contributed by atoms with E-state index in [1.54, 1.807) is 18.2 Å². The Bertz CT molecular complexity index is 1230. The van der Waals surface area contributed by atoms with Crippen molar-refractivity contribution in [2.24, 2.45) is 0 Å². The first-order valence-electron chi connectivity index (χ1n) is 11.3. The third kappa shape index (κ3) is 5.59. The Morgan fingerprint density at radius 1 is 1.12 bits per heavy atom. The van der Waals surface area contributed by atoms with Crippen molar-refractivity contribution >= 4 is 23.3 Å². The number of hydrogen-bond donors (Lipinski definition) is 2. The number of carbonyl (C=O) groups excluding carboxylic acids is 1. The number of aromatic nitrogens is 2. The van der Waals surface area contributed by atoms with Crippen LogP contribution in [0.4, 0.5) is 4.39 Å². The highest BCUT2D eigenvalue weighted by atomic mass is 19.1. The molecular formula is C27H31FN2O4. The maximum atomic E-state index is 13.7. The van der Waals surface area contributed by atoms with Crippen LogP contribution in [0.3, 0.4) is 0 Å². The minimum atomic E-state index is -1.22. The predicted molar refractivity (Wildman–Crippen MR) is 130 cm³/mol. The van der Waals surface area contributed by atoms with Gasteiger partial charge in [0.15, 0.2) is 0 Å². The molecule has 180 valence electrons. The van der Waals surface area contributed by atoms with E-state index in [2.05, 4.69) is 40.7 Å². The lowest BCUT2D eigenvalue weighted by atomic mass is 9.92. The molecule has 0 aliphatic rings. The highest BCUT2D eigenvalue weighted by Gasteiger charge is 2.24. The first-order chi connectivity index (χ1) is 15.9. The van der Waals surface area contributed by atoms with Crippen LogP contribution in [0, 0.1) is 5.82 Å². The van der Waals surface area contributed by atoms with Crippen LogP contribution < -0.4 is 0 Å². The van der Waals surface area contributed by atoms with Crippen molar-refractivity contribution in [2.75, 3.05) is 0 Å². The second-order valence-corrected chi connectivity index (χ2v) is 9.84. The molecule has 3 aromatic rings. The fourth-order valence-electron chi connectivity index (χ4n) is 4.07. The van der Waals surface area contributed by atoms with Crippen molar-refractivity contribution in [3.63, 3.8) is 0 Å². The minimum Gasteiger partial charge on any atom is -0.481 e. The van der Waals surface area contributed by atoms with Gasteiger partial charge in [-0.2, -0.15) is 5.10 Å². The van der Waals surface area contributed by atoms with Gasteiger partial charge in [-0.05, 0) is 47.9 Å². The van der Waals surface area contributed by atoms with E-state index in [0.29, 0.717) is 5.69 Å². The van der Waals surface area contributed by atoms with Crippen molar-refractivity contribution in [3.8, 4) is 11.3 Å². The van der Waals surface area contributed by atoms with Crippen molar-refractivity contribution in [1.82, 2.24) is 9.61 Å². The lowest BCUT2D eigenvalue weighted by molar-refractivity contribution is -0.140. The van der Waals surface area contributed by atoms with Gasteiger partial charge in [0.2, 0.25) is 0 Å². The number of carboxylic acids is 1. The molecule has 2 aromatic heterocycles. The Balaban J connectivity index is 2.21. The number of halogens is 1. The highest BCUT2D eigenvalue weighted by molar-refractivity contribution is 5.95. The molecule has 0 radical (unpaired) electrons. The molecule has 2 heterocycles. The Hall–Kier alpha value is -3.32. The second-order valence-electron chi connectivity index (χ2n) is 9.84. The van der Waals surface area contributed by atoms with Gasteiger partial charge < -0.3 is 10.2 Å². The number of carbonyl (C=O) groups is 2. The molecular weight excluding hydrogens is 435 g/mol. The summed E-state index contributed by atoms with van der Waals surface area (Å²) in [6.07, 6.45) is 1.15. The SMILES string of the molecule is CC(C)c1c(C=CC(O)CC(=O)CC(=O)O)c(-c2ccc(F)cc2)nn2c(C(C)(C)C)ccc12. The number of rotatable bonds is 8. The number of Topliss-reactive ketones (excluding diaryl/α,β-unsaturated/α-hetero) is 1. The summed E-state index contributed by atoms with van der Waals surface area (Å²) in [5.74, 6) is -2.03. The molecule has 0 spiro atoms. The normalized spacial score (nSPS) is 13.2. The van der Waals surface area contributed by atoms with Crippen LogP contribution in [-0.2, 0) is 15.0 Å². The lowest BCUT2D eigenvalue weighted by Gasteiger charge is -2.22. The van der Waals surface area contributed by atoms with Gasteiger partial charge in [0.1, 0.15) is 18.0 Å². The Morgan fingerprint density at radius 3 is 2.32 bits per heavy atom. The predicted octanol–water partition coefficient (Wildman–Crippen LogP) is 5.37. The molecule has 0 amide bonds. The molecule has 34 heavy (non-hydrogen) atoms. The van der Waals surface area contributed by atoms with E-state index in [-0.39, 0.29) is 23.6 Å². The number of benzene rings is 1. The average molecular weight is 467 g/mol. The van der Waals surface area contributed by atoms with Crippen LogP contribution in [-0.4, -0.2) is 37.7 Å². The van der Waals surface area contributed by atoms with Gasteiger partial charge in [0.05, 0.1) is 17.3 Å². The van der Waals surface area contributed by atoms with E-state index >= 15 is 0 Å². The van der Waals surface area contributed by atoms with Crippen molar-refractivity contribution in [1.29, 1.82) is 0 Å². The van der Waals surface area contributed by atoms with Crippen molar-refractivity contribution in [3.05, 3.63) is 65.1 Å². The molecule has 0 bridgehead atoms. The van der Waals surface area contributed by atoms with Gasteiger partial charge in [0, 0.05) is 28.7 Å². The van der Waals surface area contributed by atoms with Crippen LogP contribution >= 0.6 is 0 Å². The largest absolute Gasteiger partial charge is 0.481 e. The topological polar surface area (TPSA) is 91.9 Å². The van der Waals surface area contributed by atoms with Crippen LogP contribution in [0.25, 0.3) is 22.9 Å². The summed E-state index contributed by atoms with van der Waals surface area (Å²) in [4.78, 5) is 22.6. The first-order valence-corrected chi connectivity index (χ1v) is 11.3. The van der Waals surface area contributed by atoms with Gasteiger partial charge in [-0.1, -0.05) is 46.8 Å². The Labute approximate surface area is 198 Å². The van der Waals surface area contributed by atoms with E-state index in [1.165, 1.54) is 18.2 Å². The lowest BCUT2D eigenvalue weighted by Crippen LogP contribution is -2.17. The summed E-state index contributed by atoms with van der Waals surface area (Å²) in [7, 11) is 0.